The predicted octanol–water partition coefficient (Wildman–Crippen LogP) is 2.03. The highest BCUT2D eigenvalue weighted by Gasteiger charge is 2.40. The molecule has 1 N–H and O–H groups in total. The Bertz CT molecular complexity index is 647. The normalized spacial score (nSPS) is 20.9. The van der Waals surface area contributed by atoms with Gasteiger partial charge >= 0.3 is 0 Å². The summed E-state index contributed by atoms with van der Waals surface area (Å²) < 4.78 is 23.5. The van der Waals surface area contributed by atoms with Crippen molar-refractivity contribution in [2.45, 2.75) is 39.0 Å². The maximum absolute atomic E-state index is 12.1. The summed E-state index contributed by atoms with van der Waals surface area (Å²) in [5, 5.41) is 3.28. The Morgan fingerprint density at radius 3 is 2.73 bits per heavy atom. The van der Waals surface area contributed by atoms with E-state index < -0.39 is 14.6 Å². The first-order valence-corrected chi connectivity index (χ1v) is 10.0. The van der Waals surface area contributed by atoms with E-state index in [2.05, 4.69) is 34.3 Å². The van der Waals surface area contributed by atoms with Crippen molar-refractivity contribution >= 4 is 27.1 Å². The van der Waals surface area contributed by atoms with Crippen LogP contribution in [-0.2, 0) is 16.4 Å². The molecule has 0 spiro atoms. The van der Waals surface area contributed by atoms with Gasteiger partial charge in [0.25, 0.3) is 0 Å². The molecule has 0 aliphatic carbocycles. The molecule has 124 valence electrons. The monoisotopic (exact) mass is 343 g/mol. The molecule has 1 saturated heterocycles. The number of guanidine groups is 1. The number of aliphatic imine (C=N–C) groups is 1. The number of hydrogen-bond donors (Lipinski definition) is 1. The second-order valence-corrected chi connectivity index (χ2v) is 10.3. The lowest BCUT2D eigenvalue weighted by Crippen LogP contribution is -2.57. The smallest absolute Gasteiger partial charge is 0.194 e. The van der Waals surface area contributed by atoms with Gasteiger partial charge in [-0.05, 0) is 39.8 Å². The molecule has 1 fully saturated rings. The van der Waals surface area contributed by atoms with Crippen LogP contribution in [0, 0.1) is 6.92 Å². The molecule has 0 bridgehead atoms. The van der Waals surface area contributed by atoms with Gasteiger partial charge < -0.3 is 10.2 Å². The van der Waals surface area contributed by atoms with Crippen LogP contribution in [0.25, 0.3) is 0 Å². The highest BCUT2D eigenvalue weighted by molar-refractivity contribution is 7.92. The van der Waals surface area contributed by atoms with Crippen molar-refractivity contribution < 1.29 is 8.42 Å². The minimum absolute atomic E-state index is 0.183. The van der Waals surface area contributed by atoms with Gasteiger partial charge in [-0.15, -0.1) is 11.3 Å². The van der Waals surface area contributed by atoms with E-state index in [1.807, 2.05) is 6.92 Å². The fourth-order valence-corrected chi connectivity index (χ4v) is 4.65. The van der Waals surface area contributed by atoms with Gasteiger partial charge in [-0.2, -0.15) is 0 Å². The Hall–Kier alpha value is -1.08. The minimum atomic E-state index is -3.03. The van der Waals surface area contributed by atoms with Crippen LogP contribution < -0.4 is 5.32 Å². The van der Waals surface area contributed by atoms with Gasteiger partial charge in [0.1, 0.15) is 0 Å². The highest BCUT2D eigenvalue weighted by Crippen LogP contribution is 2.24. The van der Waals surface area contributed by atoms with E-state index in [-0.39, 0.29) is 5.75 Å². The van der Waals surface area contributed by atoms with Crippen molar-refractivity contribution in [3.8, 4) is 0 Å². The maximum Gasteiger partial charge on any atom is 0.194 e. The fourth-order valence-electron chi connectivity index (χ4n) is 2.47. The lowest BCUT2D eigenvalue weighted by Gasteiger charge is -2.39. The molecular weight excluding hydrogens is 318 g/mol. The van der Waals surface area contributed by atoms with Crippen LogP contribution in [0.1, 0.15) is 30.5 Å². The van der Waals surface area contributed by atoms with Gasteiger partial charge in [0, 0.05) is 29.4 Å². The molecule has 0 saturated carbocycles. The van der Waals surface area contributed by atoms with Crippen LogP contribution in [0.5, 0.6) is 0 Å². The van der Waals surface area contributed by atoms with E-state index in [0.29, 0.717) is 19.6 Å². The van der Waals surface area contributed by atoms with Gasteiger partial charge in [0.15, 0.2) is 15.8 Å². The summed E-state index contributed by atoms with van der Waals surface area (Å²) in [6.07, 6.45) is 0. The fraction of sp³-hybridized carbons (Fsp3) is 0.667. The van der Waals surface area contributed by atoms with Crippen molar-refractivity contribution in [3.63, 3.8) is 0 Å². The van der Waals surface area contributed by atoms with Crippen LogP contribution in [0.2, 0.25) is 0 Å². The number of rotatable bonds is 3. The third-order valence-corrected chi connectivity index (χ3v) is 7.38. The third-order valence-electron chi connectivity index (χ3n) is 3.86. The van der Waals surface area contributed by atoms with Crippen molar-refractivity contribution in [1.82, 2.24) is 10.2 Å². The lowest BCUT2D eigenvalue weighted by atomic mass is 10.2. The molecule has 22 heavy (non-hydrogen) atoms. The summed E-state index contributed by atoms with van der Waals surface area (Å²) >= 11 is 1.74. The zero-order valence-electron chi connectivity index (χ0n) is 13.7. The summed E-state index contributed by atoms with van der Waals surface area (Å²) in [6.45, 7) is 10.1. The van der Waals surface area contributed by atoms with Crippen LogP contribution in [0.3, 0.4) is 0 Å². The van der Waals surface area contributed by atoms with E-state index in [1.165, 1.54) is 9.75 Å². The number of nitrogens with zero attached hydrogens (tertiary/aromatic N) is 2. The van der Waals surface area contributed by atoms with Crippen LogP contribution in [0.15, 0.2) is 17.1 Å². The molecule has 7 heteroatoms. The quantitative estimate of drug-likeness (QED) is 0.674. The van der Waals surface area contributed by atoms with E-state index >= 15 is 0 Å². The topological polar surface area (TPSA) is 61.8 Å². The standard InChI is InChI=1S/C15H25N3O2S2/c1-5-16-14(17-10-13-7-6-12(2)21-13)18-8-9-22(19,20)15(3,4)11-18/h6-7H,5,8-11H2,1-4H3,(H,16,17). The highest BCUT2D eigenvalue weighted by atomic mass is 32.2. The van der Waals surface area contributed by atoms with E-state index in [0.717, 1.165) is 12.5 Å². The Balaban J connectivity index is 2.14. The lowest BCUT2D eigenvalue weighted by molar-refractivity contribution is 0.353. The first kappa shape index (κ1) is 17.3. The summed E-state index contributed by atoms with van der Waals surface area (Å²) in [6, 6.07) is 4.19. The molecule has 0 amide bonds. The summed E-state index contributed by atoms with van der Waals surface area (Å²) in [5.74, 6) is 0.985. The van der Waals surface area contributed by atoms with Crippen LogP contribution in [-0.4, -0.2) is 49.4 Å². The summed E-state index contributed by atoms with van der Waals surface area (Å²) in [7, 11) is -3.03. The largest absolute Gasteiger partial charge is 0.357 e. The zero-order chi connectivity index (χ0) is 16.4. The Morgan fingerprint density at radius 1 is 1.45 bits per heavy atom. The van der Waals surface area contributed by atoms with Gasteiger partial charge in [0.05, 0.1) is 17.0 Å². The molecule has 0 radical (unpaired) electrons. The maximum atomic E-state index is 12.1. The van der Waals surface area contributed by atoms with Crippen molar-refractivity contribution in [3.05, 3.63) is 21.9 Å². The molecule has 0 aromatic carbocycles. The molecule has 1 aromatic rings. The molecule has 1 aromatic heterocycles. The average Bonchev–Trinajstić information content (AvgIpc) is 2.84. The summed E-state index contributed by atoms with van der Waals surface area (Å²) in [5.41, 5.74) is 0. The van der Waals surface area contributed by atoms with E-state index in [9.17, 15) is 8.42 Å². The van der Waals surface area contributed by atoms with Gasteiger partial charge in [-0.3, -0.25) is 0 Å². The second-order valence-electron chi connectivity index (χ2n) is 6.18. The predicted molar refractivity (Wildman–Crippen MR) is 93.3 cm³/mol. The molecule has 5 nitrogen and oxygen atoms in total. The SMILES string of the molecule is CCNC(=NCc1ccc(C)s1)N1CCS(=O)(=O)C(C)(C)C1. The Kier molecular flexibility index (Phi) is 5.17. The van der Waals surface area contributed by atoms with Crippen LogP contribution >= 0.6 is 11.3 Å². The van der Waals surface area contributed by atoms with Gasteiger partial charge in [-0.25, -0.2) is 13.4 Å². The zero-order valence-corrected chi connectivity index (χ0v) is 15.4. The number of aryl methyl sites for hydroxylation is 1. The molecule has 2 heterocycles. The average molecular weight is 344 g/mol. The van der Waals surface area contributed by atoms with E-state index in [1.54, 1.807) is 25.2 Å². The van der Waals surface area contributed by atoms with Gasteiger partial charge in [-0.1, -0.05) is 0 Å². The van der Waals surface area contributed by atoms with Crippen molar-refractivity contribution in [2.75, 3.05) is 25.4 Å². The first-order valence-electron chi connectivity index (χ1n) is 7.56. The number of thiophene rings is 1. The molecule has 2 rings (SSSR count). The van der Waals surface area contributed by atoms with Crippen molar-refractivity contribution in [1.29, 1.82) is 0 Å². The molecule has 0 unspecified atom stereocenters. The molecule has 1 aliphatic heterocycles. The first-order chi connectivity index (χ1) is 10.2. The van der Waals surface area contributed by atoms with E-state index in [4.69, 9.17) is 0 Å². The third kappa shape index (κ3) is 3.81. The minimum Gasteiger partial charge on any atom is -0.357 e. The van der Waals surface area contributed by atoms with Gasteiger partial charge in [0.2, 0.25) is 0 Å². The van der Waals surface area contributed by atoms with Crippen LogP contribution in [0.4, 0.5) is 0 Å². The summed E-state index contributed by atoms with van der Waals surface area (Å²) in [4.78, 5) is 9.24. The molecule has 1 aliphatic rings. The number of nitrogens with one attached hydrogen (secondary N) is 1. The molecule has 0 atom stereocenters. The molecular formula is C15H25N3O2S2. The number of hydrogen-bond acceptors (Lipinski definition) is 4. The van der Waals surface area contributed by atoms with Crippen molar-refractivity contribution in [2.24, 2.45) is 4.99 Å². The Morgan fingerprint density at radius 2 is 2.18 bits per heavy atom. The second kappa shape index (κ2) is 6.58. The Labute approximate surface area is 137 Å². The number of sulfone groups is 1.